The minimum atomic E-state index is -0.305. The molecule has 0 aliphatic carbocycles. The molecule has 5 nitrogen and oxygen atoms in total. The standard InChI is InChI=1S/C24H23ClN2O3/c1-16(2)21-11-3-4-12-22(21)30-15-23(28)26-19-9-5-7-17(13-19)24(29)27-20-10-6-8-18(25)14-20/h3-14,16H,15H2,1-2H3,(H,26,28)(H,27,29). The molecule has 0 aliphatic rings. The van der Waals surface area contributed by atoms with Crippen molar-refractivity contribution in [1.82, 2.24) is 0 Å². The lowest BCUT2D eigenvalue weighted by Crippen LogP contribution is -2.21. The lowest BCUT2D eigenvalue weighted by Gasteiger charge is -2.14. The number of amides is 2. The number of hydrogen-bond acceptors (Lipinski definition) is 3. The maximum Gasteiger partial charge on any atom is 0.262 e. The minimum absolute atomic E-state index is 0.122. The van der Waals surface area contributed by atoms with Crippen LogP contribution in [0.4, 0.5) is 11.4 Å². The molecule has 6 heteroatoms. The number of halogens is 1. The van der Waals surface area contributed by atoms with E-state index < -0.39 is 0 Å². The minimum Gasteiger partial charge on any atom is -0.483 e. The summed E-state index contributed by atoms with van der Waals surface area (Å²) in [5.74, 6) is 0.382. The Bertz CT molecular complexity index is 1050. The number of para-hydroxylation sites is 1. The number of carbonyl (C=O) groups is 2. The molecule has 154 valence electrons. The normalized spacial score (nSPS) is 10.5. The largest absolute Gasteiger partial charge is 0.483 e. The fraction of sp³-hybridized carbons (Fsp3) is 0.167. The summed E-state index contributed by atoms with van der Waals surface area (Å²) in [4.78, 5) is 24.8. The first-order valence-electron chi connectivity index (χ1n) is 9.61. The summed E-state index contributed by atoms with van der Waals surface area (Å²) in [6.45, 7) is 4.02. The lowest BCUT2D eigenvalue weighted by atomic mass is 10.0. The molecular formula is C24H23ClN2O3. The molecule has 0 unspecified atom stereocenters. The molecule has 0 aliphatic heterocycles. The number of anilines is 2. The van der Waals surface area contributed by atoms with Crippen LogP contribution >= 0.6 is 11.6 Å². The van der Waals surface area contributed by atoms with Crippen LogP contribution in [0.5, 0.6) is 5.75 Å². The summed E-state index contributed by atoms with van der Waals surface area (Å²) >= 11 is 5.95. The highest BCUT2D eigenvalue weighted by atomic mass is 35.5. The first kappa shape index (κ1) is 21.4. The topological polar surface area (TPSA) is 67.4 Å². The van der Waals surface area contributed by atoms with Gasteiger partial charge in [0.25, 0.3) is 11.8 Å². The second-order valence-corrected chi connectivity index (χ2v) is 7.51. The predicted octanol–water partition coefficient (Wildman–Crippen LogP) is 5.73. The van der Waals surface area contributed by atoms with E-state index in [1.807, 2.05) is 24.3 Å². The van der Waals surface area contributed by atoms with Crippen LogP contribution < -0.4 is 15.4 Å². The summed E-state index contributed by atoms with van der Waals surface area (Å²) in [5.41, 5.74) is 2.57. The van der Waals surface area contributed by atoms with Crippen molar-refractivity contribution < 1.29 is 14.3 Å². The quantitative estimate of drug-likeness (QED) is 0.510. The van der Waals surface area contributed by atoms with Gasteiger partial charge in [-0.3, -0.25) is 9.59 Å². The van der Waals surface area contributed by atoms with Crippen molar-refractivity contribution in [3.63, 3.8) is 0 Å². The van der Waals surface area contributed by atoms with Crippen molar-refractivity contribution in [2.24, 2.45) is 0 Å². The highest BCUT2D eigenvalue weighted by molar-refractivity contribution is 6.31. The molecule has 0 saturated heterocycles. The van der Waals surface area contributed by atoms with Gasteiger partial charge in [0.05, 0.1) is 0 Å². The Labute approximate surface area is 181 Å². The van der Waals surface area contributed by atoms with Gasteiger partial charge in [-0.2, -0.15) is 0 Å². The number of ether oxygens (including phenoxy) is 1. The summed E-state index contributed by atoms with van der Waals surface area (Å²) in [6.07, 6.45) is 0. The van der Waals surface area contributed by atoms with Crippen LogP contribution in [0.1, 0.15) is 35.7 Å². The average Bonchev–Trinajstić information content (AvgIpc) is 2.72. The first-order chi connectivity index (χ1) is 14.4. The van der Waals surface area contributed by atoms with E-state index in [2.05, 4.69) is 24.5 Å². The van der Waals surface area contributed by atoms with E-state index in [0.29, 0.717) is 33.6 Å². The van der Waals surface area contributed by atoms with E-state index in [1.54, 1.807) is 48.5 Å². The Morgan fingerprint density at radius 1 is 0.900 bits per heavy atom. The highest BCUT2D eigenvalue weighted by Gasteiger charge is 2.11. The lowest BCUT2D eigenvalue weighted by molar-refractivity contribution is -0.118. The SMILES string of the molecule is CC(C)c1ccccc1OCC(=O)Nc1cccc(C(=O)Nc2cccc(Cl)c2)c1. The molecule has 0 fully saturated rings. The maximum atomic E-state index is 12.5. The summed E-state index contributed by atoms with van der Waals surface area (Å²) in [5, 5.41) is 6.08. The molecule has 0 saturated carbocycles. The highest BCUT2D eigenvalue weighted by Crippen LogP contribution is 2.25. The Kier molecular flexibility index (Phi) is 7.09. The van der Waals surface area contributed by atoms with Crippen LogP contribution in [-0.2, 0) is 4.79 Å². The van der Waals surface area contributed by atoms with Gasteiger partial charge in [-0.25, -0.2) is 0 Å². The van der Waals surface area contributed by atoms with Gasteiger partial charge in [-0.15, -0.1) is 0 Å². The molecule has 30 heavy (non-hydrogen) atoms. The second-order valence-electron chi connectivity index (χ2n) is 7.07. The van der Waals surface area contributed by atoms with Gasteiger partial charge in [0.2, 0.25) is 0 Å². The van der Waals surface area contributed by atoms with Crippen LogP contribution in [0.15, 0.2) is 72.8 Å². The zero-order valence-electron chi connectivity index (χ0n) is 16.8. The Hall–Kier alpha value is -3.31. The van der Waals surface area contributed by atoms with Gasteiger partial charge in [0.1, 0.15) is 5.75 Å². The van der Waals surface area contributed by atoms with Gasteiger partial charge in [-0.1, -0.05) is 55.8 Å². The number of rotatable bonds is 7. The second kappa shape index (κ2) is 9.94. The van der Waals surface area contributed by atoms with Gasteiger partial charge in [0, 0.05) is 22.0 Å². The molecule has 2 N–H and O–H groups in total. The third kappa shape index (κ3) is 5.84. The number of benzene rings is 3. The molecule has 3 aromatic rings. The molecule has 3 aromatic carbocycles. The van der Waals surface area contributed by atoms with Crippen molar-refractivity contribution in [1.29, 1.82) is 0 Å². The van der Waals surface area contributed by atoms with E-state index in [9.17, 15) is 9.59 Å². The first-order valence-corrected chi connectivity index (χ1v) is 9.99. The third-order valence-electron chi connectivity index (χ3n) is 4.39. The molecular weight excluding hydrogens is 400 g/mol. The van der Waals surface area contributed by atoms with Crippen molar-refractivity contribution in [3.8, 4) is 5.75 Å². The molecule has 0 spiro atoms. The van der Waals surface area contributed by atoms with Crippen molar-refractivity contribution in [3.05, 3.63) is 88.9 Å². The molecule has 0 aromatic heterocycles. The summed E-state index contributed by atoms with van der Waals surface area (Å²) < 4.78 is 5.70. The van der Waals surface area contributed by atoms with E-state index >= 15 is 0 Å². The Morgan fingerprint density at radius 3 is 2.33 bits per heavy atom. The van der Waals surface area contributed by atoms with Crippen LogP contribution in [-0.4, -0.2) is 18.4 Å². The van der Waals surface area contributed by atoms with E-state index in [4.69, 9.17) is 16.3 Å². The van der Waals surface area contributed by atoms with Gasteiger partial charge in [0.15, 0.2) is 6.61 Å². The molecule has 0 radical (unpaired) electrons. The molecule has 3 rings (SSSR count). The van der Waals surface area contributed by atoms with Gasteiger partial charge < -0.3 is 15.4 Å². The summed E-state index contributed by atoms with van der Waals surface area (Å²) in [7, 11) is 0. The van der Waals surface area contributed by atoms with E-state index in [-0.39, 0.29) is 18.4 Å². The molecule has 0 bridgehead atoms. The Morgan fingerprint density at radius 2 is 1.60 bits per heavy atom. The third-order valence-corrected chi connectivity index (χ3v) is 4.63. The van der Waals surface area contributed by atoms with Crippen LogP contribution in [0.3, 0.4) is 0 Å². The number of carbonyl (C=O) groups excluding carboxylic acids is 2. The summed E-state index contributed by atoms with van der Waals surface area (Å²) in [6, 6.07) is 21.3. The average molecular weight is 423 g/mol. The van der Waals surface area contributed by atoms with Crippen LogP contribution in [0, 0.1) is 0 Å². The fourth-order valence-corrected chi connectivity index (χ4v) is 3.13. The number of nitrogens with one attached hydrogen (secondary N) is 2. The van der Waals surface area contributed by atoms with Crippen LogP contribution in [0.25, 0.3) is 0 Å². The van der Waals surface area contributed by atoms with Crippen molar-refractivity contribution in [2.45, 2.75) is 19.8 Å². The van der Waals surface area contributed by atoms with Gasteiger partial charge >= 0.3 is 0 Å². The zero-order chi connectivity index (χ0) is 21.5. The van der Waals surface area contributed by atoms with Gasteiger partial charge in [-0.05, 0) is 53.9 Å². The molecule has 0 atom stereocenters. The van der Waals surface area contributed by atoms with Crippen molar-refractivity contribution in [2.75, 3.05) is 17.2 Å². The fourth-order valence-electron chi connectivity index (χ4n) is 2.94. The predicted molar refractivity (Wildman–Crippen MR) is 121 cm³/mol. The smallest absolute Gasteiger partial charge is 0.262 e. The van der Waals surface area contributed by atoms with Crippen LogP contribution in [0.2, 0.25) is 5.02 Å². The zero-order valence-corrected chi connectivity index (χ0v) is 17.6. The maximum absolute atomic E-state index is 12.5. The number of hydrogen-bond donors (Lipinski definition) is 2. The van der Waals surface area contributed by atoms with E-state index in [0.717, 1.165) is 5.56 Å². The molecule has 2 amide bonds. The Balaban J connectivity index is 1.61. The molecule has 0 heterocycles. The van der Waals surface area contributed by atoms with E-state index in [1.165, 1.54) is 0 Å². The van der Waals surface area contributed by atoms with Crippen molar-refractivity contribution >= 4 is 34.8 Å². The monoisotopic (exact) mass is 422 g/mol.